The number of aromatic hydroxyl groups is 1. The number of fused-ring (bicyclic) bond motifs is 1. The monoisotopic (exact) mass is 372 g/mol. The van der Waals surface area contributed by atoms with Gasteiger partial charge in [0.05, 0.1) is 5.92 Å². The van der Waals surface area contributed by atoms with Gasteiger partial charge < -0.3 is 14.9 Å². The number of carboxylic acids is 1. The summed E-state index contributed by atoms with van der Waals surface area (Å²) in [7, 11) is 0. The van der Waals surface area contributed by atoms with Gasteiger partial charge in [0.2, 0.25) is 0 Å². The molecule has 3 rings (SSSR count). The lowest BCUT2D eigenvalue weighted by Gasteiger charge is -2.29. The molecule has 1 aromatic carbocycles. The lowest BCUT2D eigenvalue weighted by Crippen LogP contribution is -2.27. The molecule has 2 atom stereocenters. The predicted molar refractivity (Wildman–Crippen MR) is 102 cm³/mol. The van der Waals surface area contributed by atoms with Crippen molar-refractivity contribution in [3.8, 4) is 5.75 Å². The molecule has 2 aliphatic rings. The molecule has 2 N–H and O–H groups in total. The fraction of sp³-hybridized carbons (Fsp3) is 0.545. The van der Waals surface area contributed by atoms with Gasteiger partial charge in [-0.25, -0.2) is 4.79 Å². The summed E-state index contributed by atoms with van der Waals surface area (Å²) >= 11 is 0. The predicted octanol–water partition coefficient (Wildman–Crippen LogP) is 4.31. The molecule has 1 fully saturated rings. The molecule has 27 heavy (non-hydrogen) atoms. The number of benzene rings is 1. The number of hydrogen-bond acceptors (Lipinski definition) is 4. The number of phenolic OH excluding ortho intramolecular Hbond substituents is 1. The number of hydrogen-bond donors (Lipinski definition) is 2. The standard InChI is InChI=1S/C22H28O5/c1-4-14-13(3)18-11-27-22(26)19(18)20(23)16(14)10-9-12(2)15-7-5-6-8-17(15)21(24)25/h9,15,17,23H,4-8,10-11H2,1-3H3,(H,24,25)/b12-9+/t15?,17-/m1/s1. The van der Waals surface area contributed by atoms with Crippen LogP contribution in [0, 0.1) is 18.8 Å². The van der Waals surface area contributed by atoms with Gasteiger partial charge in [-0.05, 0) is 56.6 Å². The van der Waals surface area contributed by atoms with Crippen LogP contribution in [0.2, 0.25) is 0 Å². The van der Waals surface area contributed by atoms with Crippen LogP contribution in [0.4, 0.5) is 0 Å². The van der Waals surface area contributed by atoms with Crippen LogP contribution in [0.15, 0.2) is 11.6 Å². The van der Waals surface area contributed by atoms with Crippen molar-refractivity contribution in [1.82, 2.24) is 0 Å². The van der Waals surface area contributed by atoms with E-state index in [2.05, 4.69) is 0 Å². The number of carboxylic acid groups (broad SMARTS) is 1. The Balaban J connectivity index is 1.94. The van der Waals surface area contributed by atoms with Crippen LogP contribution in [0.5, 0.6) is 5.75 Å². The van der Waals surface area contributed by atoms with E-state index in [1.165, 1.54) is 0 Å². The van der Waals surface area contributed by atoms with E-state index < -0.39 is 11.9 Å². The molecule has 1 saturated carbocycles. The van der Waals surface area contributed by atoms with E-state index in [0.29, 0.717) is 12.0 Å². The quantitative estimate of drug-likeness (QED) is 0.594. The van der Waals surface area contributed by atoms with Gasteiger partial charge in [-0.15, -0.1) is 0 Å². The fourth-order valence-corrected chi connectivity index (χ4v) is 4.73. The van der Waals surface area contributed by atoms with Gasteiger partial charge in [0.15, 0.2) is 0 Å². The molecule has 0 spiro atoms. The van der Waals surface area contributed by atoms with Crippen LogP contribution < -0.4 is 0 Å². The Morgan fingerprint density at radius 1 is 1.22 bits per heavy atom. The Morgan fingerprint density at radius 3 is 2.52 bits per heavy atom. The summed E-state index contributed by atoms with van der Waals surface area (Å²) in [5, 5.41) is 20.3. The Hall–Kier alpha value is -2.30. The zero-order valence-electron chi connectivity index (χ0n) is 16.3. The van der Waals surface area contributed by atoms with Crippen molar-refractivity contribution >= 4 is 11.9 Å². The first-order valence-electron chi connectivity index (χ1n) is 9.79. The van der Waals surface area contributed by atoms with Gasteiger partial charge in [0.25, 0.3) is 0 Å². The highest BCUT2D eigenvalue weighted by Crippen LogP contribution is 2.39. The molecular weight excluding hydrogens is 344 g/mol. The highest BCUT2D eigenvalue weighted by atomic mass is 16.5. The van der Waals surface area contributed by atoms with E-state index in [4.69, 9.17) is 4.74 Å². The first kappa shape index (κ1) is 19.5. The maximum Gasteiger partial charge on any atom is 0.342 e. The highest BCUT2D eigenvalue weighted by molar-refractivity contribution is 5.97. The third-order valence-corrected chi connectivity index (χ3v) is 6.30. The van der Waals surface area contributed by atoms with Gasteiger partial charge in [0.1, 0.15) is 17.9 Å². The molecule has 1 unspecified atom stereocenters. The summed E-state index contributed by atoms with van der Waals surface area (Å²) in [6, 6.07) is 0. The van der Waals surface area contributed by atoms with E-state index in [9.17, 15) is 19.8 Å². The number of carbonyl (C=O) groups excluding carboxylic acids is 1. The molecule has 0 aromatic heterocycles. The van der Waals surface area contributed by atoms with Crippen molar-refractivity contribution in [1.29, 1.82) is 0 Å². The number of cyclic esters (lactones) is 1. The Kier molecular flexibility index (Phi) is 5.59. The molecular formula is C22H28O5. The third-order valence-electron chi connectivity index (χ3n) is 6.30. The number of allylic oxidation sites excluding steroid dienone is 2. The van der Waals surface area contributed by atoms with E-state index in [-0.39, 0.29) is 24.2 Å². The maximum absolute atomic E-state index is 12.0. The normalized spacial score (nSPS) is 22.5. The molecule has 146 valence electrons. The van der Waals surface area contributed by atoms with Crippen LogP contribution in [0.1, 0.15) is 72.1 Å². The van der Waals surface area contributed by atoms with E-state index >= 15 is 0 Å². The Morgan fingerprint density at radius 2 is 1.89 bits per heavy atom. The summed E-state index contributed by atoms with van der Waals surface area (Å²) < 4.78 is 5.12. The second-order valence-electron chi connectivity index (χ2n) is 7.70. The van der Waals surface area contributed by atoms with E-state index in [0.717, 1.165) is 59.9 Å². The minimum Gasteiger partial charge on any atom is -0.507 e. The van der Waals surface area contributed by atoms with Gasteiger partial charge in [-0.2, -0.15) is 0 Å². The zero-order valence-corrected chi connectivity index (χ0v) is 16.3. The van der Waals surface area contributed by atoms with Crippen molar-refractivity contribution in [3.63, 3.8) is 0 Å². The summed E-state index contributed by atoms with van der Waals surface area (Å²) in [6.07, 6.45) is 6.91. The third kappa shape index (κ3) is 3.47. The number of phenols is 1. The average Bonchev–Trinajstić information content (AvgIpc) is 3.05. The van der Waals surface area contributed by atoms with Gasteiger partial charge >= 0.3 is 11.9 Å². The van der Waals surface area contributed by atoms with Crippen molar-refractivity contribution < 1.29 is 24.5 Å². The van der Waals surface area contributed by atoms with Crippen molar-refractivity contribution in [2.24, 2.45) is 11.8 Å². The number of ether oxygens (including phenoxy) is 1. The first-order chi connectivity index (χ1) is 12.9. The Labute approximate surface area is 160 Å². The largest absolute Gasteiger partial charge is 0.507 e. The second kappa shape index (κ2) is 7.75. The van der Waals surface area contributed by atoms with Gasteiger partial charge in [-0.1, -0.05) is 31.4 Å². The molecule has 5 heteroatoms. The SMILES string of the molecule is CCc1c(C)c2c(c(O)c1C/C=C(\C)C1CCCC[C@H]1C(=O)O)C(=O)OC2. The number of aliphatic carboxylic acids is 1. The van der Waals surface area contributed by atoms with Crippen LogP contribution in [0.3, 0.4) is 0 Å². The lowest BCUT2D eigenvalue weighted by molar-refractivity contribution is -0.144. The lowest BCUT2D eigenvalue weighted by atomic mass is 9.75. The van der Waals surface area contributed by atoms with Crippen LogP contribution in [-0.4, -0.2) is 22.2 Å². The molecule has 1 heterocycles. The highest BCUT2D eigenvalue weighted by Gasteiger charge is 2.33. The second-order valence-corrected chi connectivity index (χ2v) is 7.70. The van der Waals surface area contributed by atoms with Crippen molar-refractivity contribution in [3.05, 3.63) is 39.5 Å². The molecule has 0 amide bonds. The zero-order chi connectivity index (χ0) is 19.7. The molecule has 0 radical (unpaired) electrons. The molecule has 1 aliphatic heterocycles. The van der Waals surface area contributed by atoms with Crippen LogP contribution in [0.25, 0.3) is 0 Å². The molecule has 1 aromatic rings. The summed E-state index contributed by atoms with van der Waals surface area (Å²) in [5.41, 5.74) is 4.97. The van der Waals surface area contributed by atoms with Crippen molar-refractivity contribution in [2.45, 2.75) is 65.9 Å². The summed E-state index contributed by atoms with van der Waals surface area (Å²) in [4.78, 5) is 23.6. The number of carbonyl (C=O) groups is 2. The van der Waals surface area contributed by atoms with Gasteiger partial charge in [0, 0.05) is 11.1 Å². The van der Waals surface area contributed by atoms with Gasteiger partial charge in [-0.3, -0.25) is 4.79 Å². The topological polar surface area (TPSA) is 83.8 Å². The minimum atomic E-state index is -0.722. The first-order valence-corrected chi connectivity index (χ1v) is 9.79. The number of rotatable bonds is 5. The molecule has 0 bridgehead atoms. The summed E-state index contributed by atoms with van der Waals surface area (Å²) in [6.45, 7) is 6.22. The van der Waals surface area contributed by atoms with Crippen LogP contribution >= 0.6 is 0 Å². The summed E-state index contributed by atoms with van der Waals surface area (Å²) in [5.74, 6) is -1.44. The molecule has 0 saturated heterocycles. The van der Waals surface area contributed by atoms with E-state index in [1.807, 2.05) is 26.8 Å². The van der Waals surface area contributed by atoms with E-state index in [1.54, 1.807) is 0 Å². The smallest absolute Gasteiger partial charge is 0.342 e. The Bertz CT molecular complexity index is 806. The molecule has 5 nitrogen and oxygen atoms in total. The number of esters is 1. The maximum atomic E-state index is 12.0. The minimum absolute atomic E-state index is 0.0254. The van der Waals surface area contributed by atoms with Crippen LogP contribution in [-0.2, 0) is 29.0 Å². The average molecular weight is 372 g/mol. The molecule has 1 aliphatic carbocycles. The fourth-order valence-electron chi connectivity index (χ4n) is 4.73. The van der Waals surface area contributed by atoms with Crippen molar-refractivity contribution in [2.75, 3.05) is 0 Å².